The van der Waals surface area contributed by atoms with E-state index in [1.54, 1.807) is 0 Å². The Morgan fingerprint density at radius 1 is 1.20 bits per heavy atom. The van der Waals surface area contributed by atoms with E-state index in [0.717, 1.165) is 58.1 Å². The van der Waals surface area contributed by atoms with Gasteiger partial charge >= 0.3 is 0 Å². The van der Waals surface area contributed by atoms with Gasteiger partial charge in [-0.25, -0.2) is 0 Å². The molecule has 1 amide bonds. The van der Waals surface area contributed by atoms with Crippen LogP contribution in [0.15, 0.2) is 0 Å². The maximum absolute atomic E-state index is 11.7. The van der Waals surface area contributed by atoms with Gasteiger partial charge in [0.2, 0.25) is 5.91 Å². The number of morpholine rings is 1. The van der Waals surface area contributed by atoms with E-state index in [0.29, 0.717) is 18.8 Å². The second-order valence-electron chi connectivity index (χ2n) is 4.88. The topological polar surface area (TPSA) is 44.8 Å². The van der Waals surface area contributed by atoms with E-state index in [1.165, 1.54) is 0 Å². The Balaban J connectivity index is 2.18. The Morgan fingerprint density at radius 2 is 1.95 bits per heavy atom. The number of rotatable bonds is 10. The minimum Gasteiger partial charge on any atom is -0.379 e. The highest BCUT2D eigenvalue weighted by Crippen LogP contribution is 2.00. The Hall–Kier alpha value is 0.0500. The number of hydrogen-bond donors (Lipinski definition) is 3. The zero-order chi connectivity index (χ0) is 14.6. The van der Waals surface area contributed by atoms with Gasteiger partial charge in [-0.2, -0.15) is 25.3 Å². The quantitative estimate of drug-likeness (QED) is 0.495. The van der Waals surface area contributed by atoms with Gasteiger partial charge in [0.25, 0.3) is 0 Å². The van der Waals surface area contributed by atoms with E-state index in [1.807, 2.05) is 0 Å². The van der Waals surface area contributed by atoms with E-state index >= 15 is 0 Å². The van der Waals surface area contributed by atoms with Gasteiger partial charge in [-0.05, 0) is 19.5 Å². The van der Waals surface area contributed by atoms with Crippen LogP contribution in [0.1, 0.15) is 6.42 Å². The van der Waals surface area contributed by atoms with E-state index < -0.39 is 0 Å². The smallest absolute Gasteiger partial charge is 0.234 e. The highest BCUT2D eigenvalue weighted by atomic mass is 32.1. The van der Waals surface area contributed by atoms with Crippen molar-refractivity contribution in [1.82, 2.24) is 15.1 Å². The molecular weight excluding hydrogens is 294 g/mol. The maximum Gasteiger partial charge on any atom is 0.234 e. The molecule has 0 saturated carbocycles. The summed E-state index contributed by atoms with van der Waals surface area (Å²) in [5, 5.41) is 2.85. The van der Waals surface area contributed by atoms with Crippen molar-refractivity contribution in [2.45, 2.75) is 6.42 Å². The fourth-order valence-electron chi connectivity index (χ4n) is 2.21. The first-order valence-corrected chi connectivity index (χ1v) is 8.53. The average molecular weight is 322 g/mol. The van der Waals surface area contributed by atoms with Crippen molar-refractivity contribution in [1.29, 1.82) is 0 Å². The molecule has 0 aromatic rings. The summed E-state index contributed by atoms with van der Waals surface area (Å²) in [4.78, 5) is 16.3. The first kappa shape index (κ1) is 18.1. The molecule has 1 N–H and O–H groups in total. The van der Waals surface area contributed by atoms with Crippen molar-refractivity contribution in [3.8, 4) is 0 Å². The molecule has 0 aromatic carbocycles. The highest BCUT2D eigenvalue weighted by Gasteiger charge is 2.12. The molecule has 0 bridgehead atoms. The van der Waals surface area contributed by atoms with Crippen LogP contribution in [0.5, 0.6) is 0 Å². The molecule has 1 aliphatic rings. The molecule has 118 valence electrons. The Labute approximate surface area is 133 Å². The summed E-state index contributed by atoms with van der Waals surface area (Å²) in [6.07, 6.45) is 1.08. The van der Waals surface area contributed by atoms with Crippen molar-refractivity contribution >= 4 is 31.2 Å². The van der Waals surface area contributed by atoms with Gasteiger partial charge in [0, 0.05) is 37.7 Å². The number of thiol groups is 2. The third-order valence-electron chi connectivity index (χ3n) is 3.27. The maximum atomic E-state index is 11.7. The minimum absolute atomic E-state index is 0.0761. The van der Waals surface area contributed by atoms with Crippen molar-refractivity contribution in [3.63, 3.8) is 0 Å². The van der Waals surface area contributed by atoms with Gasteiger partial charge in [0.1, 0.15) is 0 Å². The lowest BCUT2D eigenvalue weighted by Crippen LogP contribution is -2.41. The monoisotopic (exact) mass is 321 g/mol. The number of nitrogens with one attached hydrogen (secondary N) is 1. The second kappa shape index (κ2) is 11.7. The normalized spacial score (nSPS) is 16.6. The number of carbonyl (C=O) groups is 1. The summed E-state index contributed by atoms with van der Waals surface area (Å²) in [5.74, 6) is 1.53. The largest absolute Gasteiger partial charge is 0.379 e. The van der Waals surface area contributed by atoms with Gasteiger partial charge in [0.15, 0.2) is 0 Å². The molecule has 0 atom stereocenters. The molecule has 1 heterocycles. The van der Waals surface area contributed by atoms with E-state index in [9.17, 15) is 4.79 Å². The molecule has 0 radical (unpaired) electrons. The van der Waals surface area contributed by atoms with Crippen LogP contribution in [0.3, 0.4) is 0 Å². The molecule has 1 fully saturated rings. The SMILES string of the molecule is O=C(CN(CCS)CCCN1CCOCC1)NCCS. The van der Waals surface area contributed by atoms with Crippen LogP contribution in [0.25, 0.3) is 0 Å². The lowest BCUT2D eigenvalue weighted by molar-refractivity contribution is -0.122. The molecule has 0 aliphatic carbocycles. The van der Waals surface area contributed by atoms with Crippen LogP contribution in [-0.2, 0) is 9.53 Å². The van der Waals surface area contributed by atoms with Crippen LogP contribution in [0.2, 0.25) is 0 Å². The lowest BCUT2D eigenvalue weighted by atomic mass is 10.3. The van der Waals surface area contributed by atoms with Gasteiger partial charge in [-0.1, -0.05) is 0 Å². The molecule has 0 aromatic heterocycles. The fourth-order valence-corrected chi connectivity index (χ4v) is 2.60. The molecular formula is C13H27N3O2S2. The van der Waals surface area contributed by atoms with Crippen LogP contribution in [0.4, 0.5) is 0 Å². The Kier molecular flexibility index (Phi) is 10.6. The summed E-state index contributed by atoms with van der Waals surface area (Å²) in [6.45, 7) is 7.67. The minimum atomic E-state index is 0.0761. The zero-order valence-corrected chi connectivity index (χ0v) is 13.9. The molecule has 20 heavy (non-hydrogen) atoms. The summed E-state index contributed by atoms with van der Waals surface area (Å²) in [5.41, 5.74) is 0. The lowest BCUT2D eigenvalue weighted by Gasteiger charge is -2.28. The van der Waals surface area contributed by atoms with Crippen molar-refractivity contribution in [2.75, 3.05) is 70.5 Å². The van der Waals surface area contributed by atoms with Crippen LogP contribution < -0.4 is 5.32 Å². The number of nitrogens with zero attached hydrogens (tertiary/aromatic N) is 2. The third kappa shape index (κ3) is 8.36. The Bertz CT molecular complexity index is 264. The second-order valence-corrected chi connectivity index (χ2v) is 5.78. The van der Waals surface area contributed by atoms with Gasteiger partial charge in [0.05, 0.1) is 19.8 Å². The van der Waals surface area contributed by atoms with Crippen molar-refractivity contribution < 1.29 is 9.53 Å². The third-order valence-corrected chi connectivity index (χ3v) is 3.69. The predicted molar refractivity (Wildman–Crippen MR) is 89.0 cm³/mol. The molecule has 5 nitrogen and oxygen atoms in total. The first-order chi connectivity index (χ1) is 9.76. The van der Waals surface area contributed by atoms with Crippen LogP contribution >= 0.6 is 25.3 Å². The molecule has 1 saturated heterocycles. The van der Waals surface area contributed by atoms with Gasteiger partial charge < -0.3 is 10.1 Å². The van der Waals surface area contributed by atoms with Gasteiger partial charge in [-0.3, -0.25) is 14.6 Å². The van der Waals surface area contributed by atoms with Crippen LogP contribution in [0, 0.1) is 0 Å². The van der Waals surface area contributed by atoms with Crippen molar-refractivity contribution in [2.24, 2.45) is 0 Å². The van der Waals surface area contributed by atoms with E-state index in [-0.39, 0.29) is 5.91 Å². The summed E-state index contributed by atoms with van der Waals surface area (Å²) >= 11 is 8.35. The number of hydrogen-bond acceptors (Lipinski definition) is 6. The highest BCUT2D eigenvalue weighted by molar-refractivity contribution is 7.80. The molecule has 1 rings (SSSR count). The molecule has 0 unspecified atom stereocenters. The molecule has 0 spiro atoms. The summed E-state index contributed by atoms with van der Waals surface area (Å²) in [6, 6.07) is 0. The average Bonchev–Trinajstić information content (AvgIpc) is 2.46. The van der Waals surface area contributed by atoms with Crippen LogP contribution in [-0.4, -0.2) is 86.2 Å². The number of ether oxygens (including phenoxy) is 1. The van der Waals surface area contributed by atoms with Gasteiger partial charge in [-0.15, -0.1) is 0 Å². The summed E-state index contributed by atoms with van der Waals surface area (Å²) < 4.78 is 5.33. The predicted octanol–water partition coefficient (Wildman–Crippen LogP) is -0.0135. The first-order valence-electron chi connectivity index (χ1n) is 7.27. The number of amides is 1. The molecule has 1 aliphatic heterocycles. The molecule has 7 heteroatoms. The zero-order valence-electron chi connectivity index (χ0n) is 12.1. The van der Waals surface area contributed by atoms with E-state index in [4.69, 9.17) is 4.74 Å². The summed E-state index contributed by atoms with van der Waals surface area (Å²) in [7, 11) is 0. The standard InChI is InChI=1S/C13H27N3O2S2/c17-13(14-2-10-19)12-16(7-11-20)4-1-3-15-5-8-18-9-6-15/h19-20H,1-12H2,(H,14,17). The van der Waals surface area contributed by atoms with E-state index in [2.05, 4.69) is 40.4 Å². The number of carbonyl (C=O) groups excluding carboxylic acids is 1. The fraction of sp³-hybridized carbons (Fsp3) is 0.923. The Morgan fingerprint density at radius 3 is 2.60 bits per heavy atom. The van der Waals surface area contributed by atoms with Crippen molar-refractivity contribution in [3.05, 3.63) is 0 Å².